The molecule has 2 aliphatic carbocycles. The molecule has 0 bridgehead atoms. The van der Waals surface area contributed by atoms with Gasteiger partial charge in [0, 0.05) is 43.5 Å². The van der Waals surface area contributed by atoms with Crippen molar-refractivity contribution >= 4 is 35.3 Å². The number of piperazine rings is 1. The Hall–Kier alpha value is -0.440. The Bertz CT molecular complexity index is 595. The molecule has 3 saturated heterocycles. The van der Waals surface area contributed by atoms with Gasteiger partial charge in [0.05, 0.1) is 11.3 Å². The summed E-state index contributed by atoms with van der Waals surface area (Å²) in [6, 6.07) is 1.28. The number of hydrogen-bond acceptors (Lipinski definition) is 6. The molecule has 5 aliphatic rings. The molecule has 0 radical (unpaired) electrons. The summed E-state index contributed by atoms with van der Waals surface area (Å²) >= 11 is 3.54. The summed E-state index contributed by atoms with van der Waals surface area (Å²) in [5.74, 6) is 1.23. The molecule has 3 heterocycles. The number of amides is 2. The third-order valence-electron chi connectivity index (χ3n) is 7.00. The lowest BCUT2D eigenvalue weighted by molar-refractivity contribution is -0.137. The van der Waals surface area contributed by atoms with E-state index in [0.29, 0.717) is 11.3 Å². The Morgan fingerprint density at radius 3 is 2.50 bits per heavy atom. The van der Waals surface area contributed by atoms with Crippen molar-refractivity contribution in [2.24, 2.45) is 5.92 Å². The van der Waals surface area contributed by atoms with Gasteiger partial charge in [-0.25, -0.2) is 0 Å². The SMILES string of the molecule is O=C(NC1SCCC1C(=O)N1CCN(C2CC2)CC1)C1NC2CCCCC2S1. The summed E-state index contributed by atoms with van der Waals surface area (Å²) in [5, 5.41) is 7.13. The van der Waals surface area contributed by atoms with Crippen molar-refractivity contribution < 1.29 is 9.59 Å². The maximum atomic E-state index is 13.1. The smallest absolute Gasteiger partial charge is 0.248 e. The van der Waals surface area contributed by atoms with E-state index in [9.17, 15) is 9.59 Å². The van der Waals surface area contributed by atoms with Crippen LogP contribution in [0.2, 0.25) is 0 Å². The van der Waals surface area contributed by atoms with Crippen LogP contribution in [0.3, 0.4) is 0 Å². The summed E-state index contributed by atoms with van der Waals surface area (Å²) in [6.45, 7) is 3.72. The van der Waals surface area contributed by atoms with Crippen molar-refractivity contribution in [2.45, 2.75) is 73.0 Å². The number of rotatable bonds is 4. The first-order valence-corrected chi connectivity index (χ1v) is 13.0. The highest BCUT2D eigenvalue weighted by molar-refractivity contribution is 8.01. The van der Waals surface area contributed by atoms with E-state index in [1.807, 2.05) is 4.90 Å². The van der Waals surface area contributed by atoms with E-state index in [1.54, 1.807) is 23.5 Å². The van der Waals surface area contributed by atoms with Gasteiger partial charge in [-0.2, -0.15) is 0 Å². The molecule has 0 aromatic rings. The number of thioether (sulfide) groups is 2. The first-order chi connectivity index (χ1) is 13.7. The Morgan fingerprint density at radius 1 is 0.964 bits per heavy atom. The number of fused-ring (bicyclic) bond motifs is 1. The molecule has 5 rings (SSSR count). The van der Waals surface area contributed by atoms with E-state index < -0.39 is 0 Å². The highest BCUT2D eigenvalue weighted by Gasteiger charge is 2.43. The predicted octanol–water partition coefficient (Wildman–Crippen LogP) is 1.46. The number of nitrogens with zero attached hydrogens (tertiary/aromatic N) is 2. The molecule has 8 heteroatoms. The lowest BCUT2D eigenvalue weighted by atomic mass is 9.95. The number of hydrogen-bond donors (Lipinski definition) is 2. The Morgan fingerprint density at radius 2 is 1.75 bits per heavy atom. The fourth-order valence-electron chi connectivity index (χ4n) is 5.18. The first-order valence-electron chi connectivity index (χ1n) is 11.1. The van der Waals surface area contributed by atoms with Crippen molar-refractivity contribution in [3.8, 4) is 0 Å². The average molecular weight is 425 g/mol. The van der Waals surface area contributed by atoms with Gasteiger partial charge in [-0.3, -0.25) is 19.8 Å². The second kappa shape index (κ2) is 8.36. The van der Waals surface area contributed by atoms with Gasteiger partial charge in [0.1, 0.15) is 5.37 Å². The zero-order chi connectivity index (χ0) is 19.1. The molecule has 5 fully saturated rings. The molecule has 156 valence electrons. The fraction of sp³-hybridized carbons (Fsp3) is 0.900. The van der Waals surface area contributed by atoms with Gasteiger partial charge in [0.2, 0.25) is 11.8 Å². The summed E-state index contributed by atoms with van der Waals surface area (Å²) in [5.41, 5.74) is 0. The van der Waals surface area contributed by atoms with Crippen LogP contribution in [0.1, 0.15) is 44.9 Å². The van der Waals surface area contributed by atoms with E-state index in [-0.39, 0.29) is 28.5 Å². The van der Waals surface area contributed by atoms with Gasteiger partial charge in [-0.05, 0) is 37.9 Å². The van der Waals surface area contributed by atoms with E-state index in [0.717, 1.165) is 44.4 Å². The Labute approximate surface area is 176 Å². The van der Waals surface area contributed by atoms with Crippen LogP contribution in [0.4, 0.5) is 0 Å². The van der Waals surface area contributed by atoms with E-state index in [4.69, 9.17) is 0 Å². The molecular formula is C20H32N4O2S2. The van der Waals surface area contributed by atoms with E-state index in [2.05, 4.69) is 15.5 Å². The van der Waals surface area contributed by atoms with Crippen LogP contribution in [0.15, 0.2) is 0 Å². The van der Waals surface area contributed by atoms with Crippen LogP contribution < -0.4 is 10.6 Å². The Kier molecular flexibility index (Phi) is 5.83. The summed E-state index contributed by atoms with van der Waals surface area (Å²) < 4.78 is 0. The molecule has 2 amide bonds. The number of carbonyl (C=O) groups is 2. The monoisotopic (exact) mass is 424 g/mol. The average Bonchev–Trinajstić information content (AvgIpc) is 3.31. The lowest BCUT2D eigenvalue weighted by Gasteiger charge is -2.36. The molecule has 5 atom stereocenters. The van der Waals surface area contributed by atoms with Gasteiger partial charge >= 0.3 is 0 Å². The molecule has 6 nitrogen and oxygen atoms in total. The molecule has 2 saturated carbocycles. The third kappa shape index (κ3) is 4.07. The highest BCUT2D eigenvalue weighted by Crippen LogP contribution is 2.38. The third-order valence-corrected chi connectivity index (χ3v) is 9.81. The minimum absolute atomic E-state index is 0.0601. The highest BCUT2D eigenvalue weighted by atomic mass is 32.2. The number of nitrogens with one attached hydrogen (secondary N) is 2. The van der Waals surface area contributed by atoms with Gasteiger partial charge in [-0.15, -0.1) is 23.5 Å². The van der Waals surface area contributed by atoms with Crippen LogP contribution in [0, 0.1) is 5.92 Å². The Balaban J connectivity index is 1.14. The summed E-state index contributed by atoms with van der Waals surface area (Å²) in [7, 11) is 0. The molecule has 28 heavy (non-hydrogen) atoms. The van der Waals surface area contributed by atoms with Gasteiger partial charge in [0.25, 0.3) is 0 Å². The maximum Gasteiger partial charge on any atom is 0.248 e. The lowest BCUT2D eigenvalue weighted by Crippen LogP contribution is -2.53. The zero-order valence-electron chi connectivity index (χ0n) is 16.5. The minimum Gasteiger partial charge on any atom is -0.341 e. The quantitative estimate of drug-likeness (QED) is 0.712. The van der Waals surface area contributed by atoms with Gasteiger partial charge < -0.3 is 10.2 Å². The minimum atomic E-state index is -0.146. The second-order valence-corrected chi connectivity index (χ2v) is 11.5. The molecule has 0 aromatic carbocycles. The predicted molar refractivity (Wildman–Crippen MR) is 114 cm³/mol. The standard InChI is InChI=1S/C20H32N4O2S2/c25-17(19-21-15-3-1-2-4-16(15)28-19)22-18-14(7-12-27-18)20(26)24-10-8-23(9-11-24)13-5-6-13/h13-16,18-19,21H,1-12H2,(H,22,25). The summed E-state index contributed by atoms with van der Waals surface area (Å²) in [6.07, 6.45) is 8.51. The maximum absolute atomic E-state index is 13.1. The van der Waals surface area contributed by atoms with Gasteiger partial charge in [0.15, 0.2) is 0 Å². The normalized spacial score (nSPS) is 39.0. The first kappa shape index (κ1) is 19.5. The van der Waals surface area contributed by atoms with Crippen LogP contribution >= 0.6 is 23.5 Å². The van der Waals surface area contributed by atoms with Crippen molar-refractivity contribution in [2.75, 3.05) is 31.9 Å². The van der Waals surface area contributed by atoms with Crippen molar-refractivity contribution in [3.05, 3.63) is 0 Å². The molecular weight excluding hydrogens is 392 g/mol. The molecule has 0 aromatic heterocycles. The molecule has 0 spiro atoms. The number of carbonyl (C=O) groups excluding carboxylic acids is 2. The summed E-state index contributed by atoms with van der Waals surface area (Å²) in [4.78, 5) is 30.6. The van der Waals surface area contributed by atoms with Crippen molar-refractivity contribution in [1.29, 1.82) is 0 Å². The topological polar surface area (TPSA) is 64.7 Å². The largest absolute Gasteiger partial charge is 0.341 e. The van der Waals surface area contributed by atoms with E-state index >= 15 is 0 Å². The van der Waals surface area contributed by atoms with Crippen LogP contribution in [0.25, 0.3) is 0 Å². The van der Waals surface area contributed by atoms with Crippen LogP contribution in [-0.2, 0) is 9.59 Å². The second-order valence-electron chi connectivity index (χ2n) is 8.90. The zero-order valence-corrected chi connectivity index (χ0v) is 18.1. The van der Waals surface area contributed by atoms with Crippen molar-refractivity contribution in [1.82, 2.24) is 20.4 Å². The van der Waals surface area contributed by atoms with Gasteiger partial charge in [-0.1, -0.05) is 12.8 Å². The van der Waals surface area contributed by atoms with E-state index in [1.165, 1.54) is 38.5 Å². The molecule has 5 unspecified atom stereocenters. The fourth-order valence-corrected chi connectivity index (χ4v) is 8.01. The molecule has 3 aliphatic heterocycles. The van der Waals surface area contributed by atoms with Crippen molar-refractivity contribution in [3.63, 3.8) is 0 Å². The van der Waals surface area contributed by atoms with Crippen LogP contribution in [-0.4, -0.2) is 81.6 Å². The van der Waals surface area contributed by atoms with Crippen LogP contribution in [0.5, 0.6) is 0 Å². The molecule has 2 N–H and O–H groups in total.